The topological polar surface area (TPSA) is 59.2 Å². The van der Waals surface area contributed by atoms with Crippen LogP contribution in [-0.2, 0) is 11.0 Å². The number of benzene rings is 1. The lowest BCUT2D eigenvalue weighted by atomic mass is 10.1. The van der Waals surface area contributed by atoms with Gasteiger partial charge in [0.2, 0.25) is 17.6 Å². The highest BCUT2D eigenvalue weighted by Crippen LogP contribution is 2.36. The van der Waals surface area contributed by atoms with Crippen LogP contribution >= 0.6 is 0 Å². The molecule has 1 saturated heterocycles. The average molecular weight is 339 g/mol. The highest BCUT2D eigenvalue weighted by Gasteiger charge is 2.35. The van der Waals surface area contributed by atoms with Crippen LogP contribution in [0.4, 0.5) is 13.2 Å². The van der Waals surface area contributed by atoms with E-state index in [1.807, 2.05) is 0 Å². The number of aromatic nitrogens is 2. The Morgan fingerprint density at radius 1 is 1.38 bits per heavy atom. The Hall–Kier alpha value is -2.38. The summed E-state index contributed by atoms with van der Waals surface area (Å²) in [5.74, 6) is 0.0889. The fraction of sp³-hybridized carbons (Fsp3) is 0.438. The Bertz CT molecular complexity index is 742. The van der Waals surface area contributed by atoms with Gasteiger partial charge in [0.05, 0.1) is 11.5 Å². The summed E-state index contributed by atoms with van der Waals surface area (Å²) in [5.41, 5.74) is -0.911. The first-order chi connectivity index (χ1) is 11.4. The van der Waals surface area contributed by atoms with Crippen molar-refractivity contribution in [3.05, 3.63) is 35.7 Å². The van der Waals surface area contributed by atoms with Crippen molar-refractivity contribution >= 4 is 5.91 Å². The Morgan fingerprint density at radius 2 is 2.12 bits per heavy atom. The second kappa shape index (κ2) is 6.26. The van der Waals surface area contributed by atoms with E-state index in [1.54, 1.807) is 11.8 Å². The van der Waals surface area contributed by atoms with Crippen molar-refractivity contribution < 1.29 is 22.5 Å². The van der Waals surface area contributed by atoms with E-state index in [1.165, 1.54) is 18.2 Å². The van der Waals surface area contributed by atoms with E-state index in [9.17, 15) is 18.0 Å². The molecule has 1 amide bonds. The lowest BCUT2D eigenvalue weighted by molar-refractivity contribution is -0.137. The Kier molecular flexibility index (Phi) is 4.29. The molecule has 1 atom stereocenters. The second-order valence-electron chi connectivity index (χ2n) is 5.68. The largest absolute Gasteiger partial charge is 0.417 e. The van der Waals surface area contributed by atoms with E-state index in [2.05, 4.69) is 10.1 Å². The quantitative estimate of drug-likeness (QED) is 0.859. The molecule has 1 aromatic heterocycles. The summed E-state index contributed by atoms with van der Waals surface area (Å²) in [6.45, 7) is 2.83. The van der Waals surface area contributed by atoms with Crippen LogP contribution in [-0.4, -0.2) is 34.0 Å². The molecule has 2 heterocycles. The van der Waals surface area contributed by atoms with Crippen molar-refractivity contribution in [2.75, 3.05) is 13.1 Å². The molecule has 0 bridgehead atoms. The van der Waals surface area contributed by atoms with E-state index < -0.39 is 11.7 Å². The third kappa shape index (κ3) is 3.13. The minimum atomic E-state index is -4.49. The number of alkyl halides is 3. The van der Waals surface area contributed by atoms with Gasteiger partial charge < -0.3 is 9.42 Å². The van der Waals surface area contributed by atoms with Gasteiger partial charge in [-0.1, -0.05) is 30.3 Å². The van der Waals surface area contributed by atoms with Gasteiger partial charge in [0.25, 0.3) is 0 Å². The van der Waals surface area contributed by atoms with Gasteiger partial charge in [-0.25, -0.2) is 0 Å². The molecule has 8 heteroatoms. The molecule has 0 spiro atoms. The van der Waals surface area contributed by atoms with Crippen LogP contribution in [0.1, 0.15) is 37.1 Å². The van der Waals surface area contributed by atoms with Crippen LogP contribution in [0.25, 0.3) is 11.4 Å². The van der Waals surface area contributed by atoms with Crippen LogP contribution in [0, 0.1) is 0 Å². The highest BCUT2D eigenvalue weighted by atomic mass is 19.4. The first kappa shape index (κ1) is 16.5. The van der Waals surface area contributed by atoms with Crippen molar-refractivity contribution in [3.63, 3.8) is 0 Å². The van der Waals surface area contributed by atoms with Gasteiger partial charge in [-0.2, -0.15) is 18.2 Å². The number of rotatable bonds is 3. The third-order valence-corrected chi connectivity index (χ3v) is 4.11. The molecule has 0 saturated carbocycles. The normalized spacial score (nSPS) is 18.2. The maximum absolute atomic E-state index is 13.1. The van der Waals surface area contributed by atoms with E-state index in [4.69, 9.17) is 4.52 Å². The van der Waals surface area contributed by atoms with Gasteiger partial charge in [0.1, 0.15) is 0 Å². The second-order valence-corrected chi connectivity index (χ2v) is 5.68. The van der Waals surface area contributed by atoms with Crippen molar-refractivity contribution in [3.8, 4) is 11.4 Å². The number of amides is 1. The molecule has 0 aliphatic carbocycles. The highest BCUT2D eigenvalue weighted by molar-refractivity contribution is 5.76. The molecule has 1 fully saturated rings. The van der Waals surface area contributed by atoms with Crippen LogP contribution < -0.4 is 0 Å². The fourth-order valence-electron chi connectivity index (χ4n) is 2.85. The average Bonchev–Trinajstić information content (AvgIpc) is 3.22. The minimum Gasteiger partial charge on any atom is -0.342 e. The van der Waals surface area contributed by atoms with Crippen LogP contribution in [0.5, 0.6) is 0 Å². The maximum atomic E-state index is 13.1. The number of halogens is 3. The smallest absolute Gasteiger partial charge is 0.342 e. The van der Waals surface area contributed by atoms with E-state index >= 15 is 0 Å². The summed E-state index contributed by atoms with van der Waals surface area (Å²) >= 11 is 0. The third-order valence-electron chi connectivity index (χ3n) is 4.11. The first-order valence-corrected chi connectivity index (χ1v) is 7.68. The van der Waals surface area contributed by atoms with Crippen LogP contribution in [0.3, 0.4) is 0 Å². The maximum Gasteiger partial charge on any atom is 0.417 e. The standard InChI is InChI=1S/C16H16F3N3O2/c1-2-13(23)22-8-7-10(9-22)15-20-14(21-24-15)11-5-3-4-6-12(11)16(17,18)19/h3-6,10H,2,7-9H2,1H3. The van der Waals surface area contributed by atoms with Gasteiger partial charge in [-0.05, 0) is 12.5 Å². The Morgan fingerprint density at radius 3 is 2.83 bits per heavy atom. The Balaban J connectivity index is 1.84. The van der Waals surface area contributed by atoms with Gasteiger partial charge in [-0.3, -0.25) is 4.79 Å². The summed E-state index contributed by atoms with van der Waals surface area (Å²) in [4.78, 5) is 17.6. The van der Waals surface area contributed by atoms with Crippen molar-refractivity contribution in [1.82, 2.24) is 15.0 Å². The molecule has 1 aliphatic rings. The predicted molar refractivity (Wildman–Crippen MR) is 79.0 cm³/mol. The van der Waals surface area contributed by atoms with E-state index in [0.29, 0.717) is 25.9 Å². The zero-order valence-electron chi connectivity index (χ0n) is 13.0. The zero-order valence-corrected chi connectivity index (χ0v) is 13.0. The van der Waals surface area contributed by atoms with Gasteiger partial charge in [0.15, 0.2) is 0 Å². The molecule has 0 N–H and O–H groups in total. The van der Waals surface area contributed by atoms with Gasteiger partial charge >= 0.3 is 6.18 Å². The molecule has 1 aliphatic heterocycles. The van der Waals surface area contributed by atoms with Crippen molar-refractivity contribution in [2.45, 2.75) is 31.9 Å². The number of hydrogen-bond donors (Lipinski definition) is 0. The molecule has 5 nitrogen and oxygen atoms in total. The lowest BCUT2D eigenvalue weighted by Crippen LogP contribution is -2.27. The molecule has 2 aromatic rings. The number of carbonyl (C=O) groups excluding carboxylic acids is 1. The first-order valence-electron chi connectivity index (χ1n) is 7.68. The van der Waals surface area contributed by atoms with Crippen molar-refractivity contribution in [2.24, 2.45) is 0 Å². The summed E-state index contributed by atoms with van der Waals surface area (Å²) in [7, 11) is 0. The lowest BCUT2D eigenvalue weighted by Gasteiger charge is -2.13. The molecule has 128 valence electrons. The molecular weight excluding hydrogens is 323 g/mol. The molecular formula is C16H16F3N3O2. The molecule has 3 rings (SSSR count). The van der Waals surface area contributed by atoms with Crippen molar-refractivity contribution in [1.29, 1.82) is 0 Å². The summed E-state index contributed by atoms with van der Waals surface area (Å²) < 4.78 is 44.4. The van der Waals surface area contributed by atoms with E-state index in [-0.39, 0.29) is 29.1 Å². The number of likely N-dealkylation sites (tertiary alicyclic amines) is 1. The minimum absolute atomic E-state index is 0.0413. The summed E-state index contributed by atoms with van der Waals surface area (Å²) in [5, 5.41) is 3.71. The van der Waals surface area contributed by atoms with Gasteiger partial charge in [0, 0.05) is 25.1 Å². The summed E-state index contributed by atoms with van der Waals surface area (Å²) in [6.07, 6.45) is -3.41. The monoisotopic (exact) mass is 339 g/mol. The number of carbonyl (C=O) groups is 1. The number of nitrogens with zero attached hydrogens (tertiary/aromatic N) is 3. The van der Waals surface area contributed by atoms with E-state index in [0.717, 1.165) is 6.07 Å². The number of hydrogen-bond acceptors (Lipinski definition) is 4. The molecule has 24 heavy (non-hydrogen) atoms. The molecule has 0 radical (unpaired) electrons. The van der Waals surface area contributed by atoms with Crippen LogP contribution in [0.15, 0.2) is 28.8 Å². The van der Waals surface area contributed by atoms with Crippen LogP contribution in [0.2, 0.25) is 0 Å². The molecule has 1 unspecified atom stereocenters. The van der Waals surface area contributed by atoms with Gasteiger partial charge in [-0.15, -0.1) is 0 Å². The SMILES string of the molecule is CCC(=O)N1CCC(c2nc(-c3ccccc3C(F)(F)F)no2)C1. The zero-order chi connectivity index (χ0) is 17.3. The Labute approximate surface area is 136 Å². The molecule has 1 aromatic carbocycles. The summed E-state index contributed by atoms with van der Waals surface area (Å²) in [6, 6.07) is 5.12. The fourth-order valence-corrected chi connectivity index (χ4v) is 2.85. The predicted octanol–water partition coefficient (Wildman–Crippen LogP) is 3.48.